The SMILES string of the molecule is CCCCP(C12CC3CC(CC(C3)C1)C2)C12CC3CC(CC(C3)C1)C2.CNc1ccccc1-c1[c-]cccc1.CS(=O)(=O)O.[Pd]. The number of unbranched alkanes of at least 4 members (excludes halogenated alkanes) is 1. The third kappa shape index (κ3) is 8.28. The third-order valence-electron chi connectivity index (χ3n) is 12.1. The van der Waals surface area contributed by atoms with Gasteiger partial charge in [-0.25, -0.2) is 0 Å². The van der Waals surface area contributed by atoms with Gasteiger partial charge in [0.05, 0.1) is 6.26 Å². The van der Waals surface area contributed by atoms with E-state index < -0.39 is 10.1 Å². The number of nitrogens with one attached hydrogen (secondary N) is 1. The van der Waals surface area contributed by atoms with Gasteiger partial charge in [-0.1, -0.05) is 45.0 Å². The number of hydrogen-bond donors (Lipinski definition) is 2. The van der Waals surface area contributed by atoms with Gasteiger partial charge in [0.15, 0.2) is 0 Å². The van der Waals surface area contributed by atoms with Crippen LogP contribution in [0.2, 0.25) is 0 Å². The molecule has 0 aromatic heterocycles. The van der Waals surface area contributed by atoms with Crippen molar-refractivity contribution in [3.63, 3.8) is 0 Å². The zero-order chi connectivity index (χ0) is 31.0. The van der Waals surface area contributed by atoms with Crippen molar-refractivity contribution in [3.8, 4) is 11.1 Å². The van der Waals surface area contributed by atoms with Gasteiger partial charge in [0.1, 0.15) is 0 Å². The predicted molar refractivity (Wildman–Crippen MR) is 186 cm³/mol. The van der Waals surface area contributed by atoms with E-state index >= 15 is 0 Å². The quantitative estimate of drug-likeness (QED) is 0.128. The van der Waals surface area contributed by atoms with Crippen molar-refractivity contribution < 1.29 is 33.4 Å². The summed E-state index contributed by atoms with van der Waals surface area (Å²) in [5.41, 5.74) is 3.45. The van der Waals surface area contributed by atoms with Crippen molar-refractivity contribution in [1.29, 1.82) is 0 Å². The van der Waals surface area contributed by atoms with Gasteiger partial charge in [-0.15, -0.1) is 35.9 Å². The van der Waals surface area contributed by atoms with Crippen molar-refractivity contribution in [2.75, 3.05) is 24.8 Å². The van der Waals surface area contributed by atoms with E-state index in [2.05, 4.69) is 36.5 Å². The van der Waals surface area contributed by atoms with Crippen LogP contribution in [0.4, 0.5) is 5.69 Å². The molecule has 2 aromatic carbocycles. The topological polar surface area (TPSA) is 66.4 Å². The Hall–Kier alpha value is -0.758. The fourth-order valence-corrected chi connectivity index (χ4v) is 17.0. The van der Waals surface area contributed by atoms with Gasteiger partial charge in [-0.2, -0.15) is 8.42 Å². The standard InChI is InChI=1S/C24H39P.C13H12N.CH4O3S.Pd/c1-2-3-4-25(23-11-17-5-18(12-23)7-19(6-17)13-23)24-14-20-8-21(15-24)10-22(9-20)16-24;1-14-13-10-6-5-9-12(13)11-7-3-2-4-8-11;1-5(2,3)4;/h17-22H,2-16H2,1H3;2-7,9-10,14H,1H3;1H3,(H,2,3,4);/q;-1;;. The van der Waals surface area contributed by atoms with Gasteiger partial charge in [0.2, 0.25) is 0 Å². The first kappa shape index (κ1) is 35.5. The first-order valence-electron chi connectivity index (χ1n) is 17.5. The molecule has 8 saturated carbocycles. The molecule has 0 spiro atoms. The summed E-state index contributed by atoms with van der Waals surface area (Å²) in [4.78, 5) is 0. The molecule has 4 nitrogen and oxygen atoms in total. The molecule has 0 heterocycles. The normalized spacial score (nSPS) is 35.7. The van der Waals surface area contributed by atoms with E-state index in [-0.39, 0.29) is 28.3 Å². The number of para-hydroxylation sites is 1. The molecule has 0 aliphatic heterocycles. The molecule has 8 aliphatic rings. The Bertz CT molecular complexity index is 1240. The molecule has 45 heavy (non-hydrogen) atoms. The summed E-state index contributed by atoms with van der Waals surface area (Å²) in [6.07, 6.45) is 25.3. The Kier molecular flexibility index (Phi) is 11.7. The van der Waals surface area contributed by atoms with Crippen molar-refractivity contribution >= 4 is 23.7 Å². The summed E-state index contributed by atoms with van der Waals surface area (Å²) in [5.74, 6) is 6.95. The molecule has 2 aromatic rings. The van der Waals surface area contributed by atoms with Crippen LogP contribution in [0, 0.1) is 41.6 Å². The van der Waals surface area contributed by atoms with Crippen LogP contribution in [0.15, 0.2) is 48.5 Å². The minimum absolute atomic E-state index is 0. The molecule has 0 atom stereocenters. The predicted octanol–water partition coefficient (Wildman–Crippen LogP) is 9.90. The second-order valence-electron chi connectivity index (χ2n) is 15.6. The van der Waals surface area contributed by atoms with Crippen molar-refractivity contribution in [1.82, 2.24) is 0 Å². The van der Waals surface area contributed by atoms with Crippen LogP contribution in [0.1, 0.15) is 96.8 Å². The molecule has 8 aliphatic carbocycles. The molecule has 8 fully saturated rings. The minimum atomic E-state index is -3.67. The smallest absolute Gasteiger partial charge is 0.261 e. The maximum atomic E-state index is 9.19. The summed E-state index contributed by atoms with van der Waals surface area (Å²) in [5, 5.41) is 4.93. The Morgan fingerprint density at radius 1 is 0.800 bits per heavy atom. The fraction of sp³-hybridized carbons (Fsp3) is 0.684. The van der Waals surface area contributed by atoms with Gasteiger partial charge in [-0.3, -0.25) is 4.55 Å². The summed E-state index contributed by atoms with van der Waals surface area (Å²) < 4.78 is 25.9. The van der Waals surface area contributed by atoms with Crippen LogP contribution in [0.5, 0.6) is 0 Å². The van der Waals surface area contributed by atoms with Crippen LogP contribution >= 0.6 is 7.92 Å². The van der Waals surface area contributed by atoms with Crippen molar-refractivity contribution in [3.05, 3.63) is 54.6 Å². The monoisotopic (exact) mass is 742 g/mol. The van der Waals surface area contributed by atoms with Crippen molar-refractivity contribution in [2.45, 2.75) is 107 Å². The number of hydrogen-bond acceptors (Lipinski definition) is 3. The molecule has 8 bridgehead atoms. The molecule has 252 valence electrons. The largest absolute Gasteiger partial charge is 0.395 e. The van der Waals surface area contributed by atoms with Gasteiger partial charge < -0.3 is 5.32 Å². The van der Waals surface area contributed by atoms with Gasteiger partial charge in [0.25, 0.3) is 10.1 Å². The molecule has 0 unspecified atom stereocenters. The Labute approximate surface area is 288 Å². The van der Waals surface area contributed by atoms with Crippen LogP contribution in [-0.4, -0.2) is 42.7 Å². The molecule has 7 heteroatoms. The molecular formula is C38H55NO3PPdS-. The number of benzene rings is 2. The molecule has 0 radical (unpaired) electrons. The van der Waals surface area contributed by atoms with Gasteiger partial charge in [-0.05, 0) is 147 Å². The van der Waals surface area contributed by atoms with E-state index in [4.69, 9.17) is 4.55 Å². The molecular weight excluding hydrogens is 688 g/mol. The Morgan fingerprint density at radius 3 is 1.60 bits per heavy atom. The van der Waals surface area contributed by atoms with Crippen molar-refractivity contribution in [2.24, 2.45) is 35.5 Å². The molecule has 2 N–H and O–H groups in total. The van der Waals surface area contributed by atoms with Crippen LogP contribution < -0.4 is 5.32 Å². The van der Waals surface area contributed by atoms with E-state index in [9.17, 15) is 8.42 Å². The van der Waals surface area contributed by atoms with E-state index in [1.54, 1.807) is 89.6 Å². The van der Waals surface area contributed by atoms with Crippen LogP contribution in [0.3, 0.4) is 0 Å². The van der Waals surface area contributed by atoms with Crippen LogP contribution in [-0.2, 0) is 30.5 Å². The van der Waals surface area contributed by atoms with E-state index in [1.165, 1.54) is 12.0 Å². The fourth-order valence-electron chi connectivity index (χ4n) is 11.6. The Morgan fingerprint density at radius 2 is 1.22 bits per heavy atom. The first-order chi connectivity index (χ1) is 21.1. The zero-order valence-corrected chi connectivity index (χ0v) is 30.9. The van der Waals surface area contributed by atoms with Gasteiger partial charge >= 0.3 is 0 Å². The van der Waals surface area contributed by atoms with Gasteiger partial charge in [0, 0.05) is 27.5 Å². The summed E-state index contributed by atoms with van der Waals surface area (Å²) in [7, 11) is -1.45. The van der Waals surface area contributed by atoms with E-state index in [0.29, 0.717) is 6.26 Å². The molecule has 0 saturated heterocycles. The summed E-state index contributed by atoms with van der Waals surface area (Å²) >= 11 is 0. The average Bonchev–Trinajstić information content (AvgIpc) is 2.96. The average molecular weight is 743 g/mol. The maximum absolute atomic E-state index is 9.19. The maximum Gasteiger partial charge on any atom is 0.261 e. The summed E-state index contributed by atoms with van der Waals surface area (Å²) in [6.45, 7) is 2.45. The second-order valence-corrected chi connectivity index (χ2v) is 20.3. The van der Waals surface area contributed by atoms with Crippen LogP contribution in [0.25, 0.3) is 11.1 Å². The Balaban J connectivity index is 0.000000170. The second kappa shape index (κ2) is 14.8. The molecule has 10 rings (SSSR count). The molecule has 0 amide bonds. The number of anilines is 1. The van der Waals surface area contributed by atoms with E-state index in [0.717, 1.165) is 57.1 Å². The first-order valence-corrected chi connectivity index (χ1v) is 20.9. The minimum Gasteiger partial charge on any atom is -0.395 e. The zero-order valence-electron chi connectivity index (χ0n) is 27.6. The number of rotatable bonds is 7. The van der Waals surface area contributed by atoms with E-state index in [1.807, 2.05) is 37.4 Å². The third-order valence-corrected chi connectivity index (χ3v) is 16.2. The summed E-state index contributed by atoms with van der Waals surface area (Å²) in [6, 6.07) is 19.4.